The minimum absolute atomic E-state index is 0.187. The summed E-state index contributed by atoms with van der Waals surface area (Å²) in [6.45, 7) is 9.38. The zero-order valence-electron chi connectivity index (χ0n) is 19.3. The smallest absolute Gasteiger partial charge is 0.207 e. The van der Waals surface area contributed by atoms with Crippen molar-refractivity contribution in [3.05, 3.63) is 67.0 Å². The summed E-state index contributed by atoms with van der Waals surface area (Å²) in [5.41, 5.74) is 1.65. The molecule has 33 heavy (non-hydrogen) atoms. The first kappa shape index (κ1) is 25.9. The van der Waals surface area contributed by atoms with E-state index in [9.17, 15) is 5.11 Å². The topological polar surface area (TPSA) is 112 Å². The van der Waals surface area contributed by atoms with Crippen LogP contribution in [0.1, 0.15) is 6.92 Å². The number of guanidine groups is 1. The van der Waals surface area contributed by atoms with Crippen LogP contribution < -0.4 is 21.3 Å². The maximum atomic E-state index is 9.52. The Hall–Kier alpha value is -3.40. The Morgan fingerprint density at radius 1 is 0.909 bits per heavy atom. The molecule has 0 bridgehead atoms. The number of aliphatic imine (C=N–C) groups is 2. The van der Waals surface area contributed by atoms with Crippen molar-refractivity contribution in [3.8, 4) is 5.75 Å². The molecule has 0 aliphatic rings. The van der Waals surface area contributed by atoms with Crippen LogP contribution in [-0.4, -0.2) is 63.5 Å². The molecule has 178 valence electrons. The molecular formula is C24H34N6O3. The molecule has 2 rings (SSSR count). The minimum Gasteiger partial charge on any atom is -0.508 e. The molecule has 0 unspecified atom stereocenters. The predicted octanol–water partition coefficient (Wildman–Crippen LogP) is 3.00. The zero-order chi connectivity index (χ0) is 23.7. The van der Waals surface area contributed by atoms with Crippen molar-refractivity contribution in [2.24, 2.45) is 9.98 Å². The fourth-order valence-corrected chi connectivity index (χ4v) is 2.60. The van der Waals surface area contributed by atoms with Gasteiger partial charge in [-0.1, -0.05) is 24.8 Å². The lowest BCUT2D eigenvalue weighted by atomic mass is 10.3. The van der Waals surface area contributed by atoms with Crippen LogP contribution in [0.15, 0.2) is 77.0 Å². The second kappa shape index (κ2) is 15.4. The molecule has 0 radical (unpaired) electrons. The number of para-hydroxylation sites is 1. The van der Waals surface area contributed by atoms with Gasteiger partial charge in [-0.2, -0.15) is 0 Å². The molecule has 0 aromatic heterocycles. The third-order valence-electron chi connectivity index (χ3n) is 4.19. The van der Waals surface area contributed by atoms with Gasteiger partial charge in [0.05, 0.1) is 33.0 Å². The summed E-state index contributed by atoms with van der Waals surface area (Å²) in [5.74, 6) is 1.74. The number of phenols is 1. The van der Waals surface area contributed by atoms with Gasteiger partial charge >= 0.3 is 0 Å². The van der Waals surface area contributed by atoms with E-state index in [0.29, 0.717) is 50.6 Å². The number of nitrogens with zero attached hydrogens (tertiary/aromatic N) is 2. The van der Waals surface area contributed by atoms with E-state index in [0.717, 1.165) is 17.9 Å². The summed E-state index contributed by atoms with van der Waals surface area (Å²) >= 11 is 0. The Morgan fingerprint density at radius 3 is 2.27 bits per heavy atom. The average Bonchev–Trinajstić information content (AvgIpc) is 2.80. The Morgan fingerprint density at radius 2 is 1.58 bits per heavy atom. The number of hydrogen-bond donors (Lipinski definition) is 5. The molecule has 2 aromatic rings. The summed E-state index contributed by atoms with van der Waals surface area (Å²) in [4.78, 5) is 8.98. The standard InChI is InChI=1S/C24H34N6O3/c1-19(26-14-16-33-18-17-32-15-13-25-3)28-24(30-22-9-11-23(31)12-10-22)29-20(2)27-21-7-5-4-6-8-21/h4-12,25,27,31H,2,13-18H2,1,3H3,(H2,26,28,29,30). The van der Waals surface area contributed by atoms with Crippen molar-refractivity contribution in [2.45, 2.75) is 6.92 Å². The van der Waals surface area contributed by atoms with E-state index < -0.39 is 0 Å². The normalized spacial score (nSPS) is 11.8. The van der Waals surface area contributed by atoms with Gasteiger partial charge in [0, 0.05) is 17.9 Å². The molecule has 2 aromatic carbocycles. The van der Waals surface area contributed by atoms with Crippen molar-refractivity contribution in [3.63, 3.8) is 0 Å². The number of benzene rings is 2. The molecule has 5 N–H and O–H groups in total. The molecule has 0 fully saturated rings. The van der Waals surface area contributed by atoms with Gasteiger partial charge in [-0.25, -0.2) is 4.99 Å². The predicted molar refractivity (Wildman–Crippen MR) is 135 cm³/mol. The van der Waals surface area contributed by atoms with Gasteiger partial charge < -0.3 is 35.8 Å². The Kier molecular flexibility index (Phi) is 12.1. The molecular weight excluding hydrogens is 420 g/mol. The second-order valence-electron chi connectivity index (χ2n) is 6.98. The lowest BCUT2D eigenvalue weighted by Gasteiger charge is -2.16. The number of anilines is 2. The van der Waals surface area contributed by atoms with E-state index in [2.05, 4.69) is 37.8 Å². The maximum Gasteiger partial charge on any atom is 0.207 e. The highest BCUT2D eigenvalue weighted by atomic mass is 16.5. The number of hydrogen-bond acceptors (Lipinski definition) is 6. The van der Waals surface area contributed by atoms with E-state index in [1.807, 2.05) is 44.3 Å². The molecule has 0 saturated heterocycles. The van der Waals surface area contributed by atoms with E-state index in [1.54, 1.807) is 24.3 Å². The van der Waals surface area contributed by atoms with Gasteiger partial charge in [0.1, 0.15) is 17.4 Å². The van der Waals surface area contributed by atoms with E-state index in [1.165, 1.54) is 0 Å². The Bertz CT molecular complexity index is 885. The molecule has 0 aliphatic carbocycles. The number of amidine groups is 1. The number of ether oxygens (including phenoxy) is 2. The molecule has 0 saturated carbocycles. The monoisotopic (exact) mass is 454 g/mol. The number of phenolic OH excluding ortho intramolecular Hbond substituents is 1. The van der Waals surface area contributed by atoms with Gasteiger partial charge in [-0.15, -0.1) is 0 Å². The van der Waals surface area contributed by atoms with Crippen LogP contribution >= 0.6 is 0 Å². The van der Waals surface area contributed by atoms with Gasteiger partial charge in [-0.3, -0.25) is 4.99 Å². The second-order valence-corrected chi connectivity index (χ2v) is 6.98. The van der Waals surface area contributed by atoms with Crippen LogP contribution in [-0.2, 0) is 9.47 Å². The molecule has 0 amide bonds. The Labute approximate surface area is 195 Å². The van der Waals surface area contributed by atoms with E-state index in [-0.39, 0.29) is 5.75 Å². The number of nitrogens with one attached hydrogen (secondary N) is 4. The average molecular weight is 455 g/mol. The van der Waals surface area contributed by atoms with Crippen molar-refractivity contribution in [2.75, 3.05) is 57.2 Å². The minimum atomic E-state index is 0.187. The van der Waals surface area contributed by atoms with Crippen LogP contribution in [0.3, 0.4) is 0 Å². The maximum absolute atomic E-state index is 9.52. The molecule has 0 atom stereocenters. The van der Waals surface area contributed by atoms with Crippen LogP contribution in [0.25, 0.3) is 0 Å². The van der Waals surface area contributed by atoms with Gasteiger partial charge in [-0.05, 0) is 50.4 Å². The highest BCUT2D eigenvalue weighted by molar-refractivity contribution is 6.02. The summed E-state index contributed by atoms with van der Waals surface area (Å²) in [5, 5.41) is 22.0. The van der Waals surface area contributed by atoms with Crippen molar-refractivity contribution in [1.29, 1.82) is 0 Å². The van der Waals surface area contributed by atoms with E-state index >= 15 is 0 Å². The lowest BCUT2D eigenvalue weighted by molar-refractivity contribution is 0.0524. The fourth-order valence-electron chi connectivity index (χ4n) is 2.60. The third-order valence-corrected chi connectivity index (χ3v) is 4.19. The van der Waals surface area contributed by atoms with Gasteiger partial charge in [0.2, 0.25) is 5.96 Å². The number of rotatable bonds is 13. The first-order chi connectivity index (χ1) is 16.1. The lowest BCUT2D eigenvalue weighted by Crippen LogP contribution is -2.33. The first-order valence-corrected chi connectivity index (χ1v) is 10.8. The largest absolute Gasteiger partial charge is 0.508 e. The summed E-state index contributed by atoms with van der Waals surface area (Å²) in [7, 11) is 1.89. The van der Waals surface area contributed by atoms with Gasteiger partial charge in [0.25, 0.3) is 0 Å². The third kappa shape index (κ3) is 11.7. The Balaban J connectivity index is 1.91. The van der Waals surface area contributed by atoms with Crippen molar-refractivity contribution < 1.29 is 14.6 Å². The van der Waals surface area contributed by atoms with Crippen LogP contribution in [0.4, 0.5) is 11.4 Å². The van der Waals surface area contributed by atoms with Crippen LogP contribution in [0, 0.1) is 0 Å². The van der Waals surface area contributed by atoms with E-state index in [4.69, 9.17) is 9.47 Å². The van der Waals surface area contributed by atoms with Crippen LogP contribution in [0.2, 0.25) is 0 Å². The summed E-state index contributed by atoms with van der Waals surface area (Å²) in [6, 6.07) is 16.4. The van der Waals surface area contributed by atoms with Gasteiger partial charge in [0.15, 0.2) is 0 Å². The number of aromatic hydroxyl groups is 1. The number of likely N-dealkylation sites (N-methyl/N-ethyl adjacent to an activating group) is 1. The van der Waals surface area contributed by atoms with Crippen molar-refractivity contribution >= 4 is 23.2 Å². The zero-order valence-corrected chi connectivity index (χ0v) is 19.3. The highest BCUT2D eigenvalue weighted by Crippen LogP contribution is 2.14. The molecule has 9 heteroatoms. The van der Waals surface area contributed by atoms with Crippen LogP contribution in [0.5, 0.6) is 5.75 Å². The summed E-state index contributed by atoms with van der Waals surface area (Å²) in [6.07, 6.45) is 0. The molecule has 9 nitrogen and oxygen atoms in total. The highest BCUT2D eigenvalue weighted by Gasteiger charge is 2.04. The fraction of sp³-hybridized carbons (Fsp3) is 0.333. The summed E-state index contributed by atoms with van der Waals surface area (Å²) < 4.78 is 10.9. The SMILES string of the molecule is C=C(NC(=NC(C)=NCCOCCOCCNC)Nc1ccc(O)cc1)Nc1ccccc1. The quantitative estimate of drug-likeness (QED) is 0.137. The first-order valence-electron chi connectivity index (χ1n) is 10.8. The molecule has 0 heterocycles. The molecule has 0 aliphatic heterocycles. The molecule has 0 spiro atoms. The van der Waals surface area contributed by atoms with Crippen molar-refractivity contribution in [1.82, 2.24) is 10.6 Å².